The summed E-state index contributed by atoms with van der Waals surface area (Å²) in [7, 11) is 1.64. The number of halogens is 1. The second-order valence-corrected chi connectivity index (χ2v) is 3.99. The normalized spacial score (nSPS) is 12.6. The Morgan fingerprint density at radius 3 is 2.79 bits per heavy atom. The van der Waals surface area contributed by atoms with E-state index in [1.807, 2.05) is 18.2 Å². The van der Waals surface area contributed by atoms with Crippen molar-refractivity contribution >= 4 is 15.9 Å². The smallest absolute Gasteiger partial charge is 0.123 e. The first kappa shape index (κ1) is 11.5. The van der Waals surface area contributed by atoms with E-state index in [-0.39, 0.29) is 6.04 Å². The summed E-state index contributed by atoms with van der Waals surface area (Å²) in [5, 5.41) is 0. The third kappa shape index (κ3) is 2.70. The van der Waals surface area contributed by atoms with Crippen molar-refractivity contribution in [2.75, 3.05) is 13.7 Å². The summed E-state index contributed by atoms with van der Waals surface area (Å²) in [6.45, 7) is 0.580. The number of ether oxygens (including phenoxy) is 1. The van der Waals surface area contributed by atoms with Crippen LogP contribution in [0.5, 0.6) is 5.75 Å². The average Bonchev–Trinajstić information content (AvgIpc) is 2.18. The fourth-order valence-electron chi connectivity index (χ4n) is 1.33. The van der Waals surface area contributed by atoms with Gasteiger partial charge in [-0.15, -0.1) is 0 Å². The highest BCUT2D eigenvalue weighted by Gasteiger charge is 2.11. The molecule has 0 amide bonds. The SMILES string of the molecule is COc1ccc(Br)cc1[C@@H](N)CCN. The topological polar surface area (TPSA) is 61.3 Å². The van der Waals surface area contributed by atoms with Crippen LogP contribution in [0.4, 0.5) is 0 Å². The minimum atomic E-state index is -0.0625. The lowest BCUT2D eigenvalue weighted by Crippen LogP contribution is -2.16. The molecule has 3 nitrogen and oxygen atoms in total. The molecule has 0 aliphatic heterocycles. The van der Waals surface area contributed by atoms with Crippen LogP contribution in [0.1, 0.15) is 18.0 Å². The molecule has 0 heterocycles. The van der Waals surface area contributed by atoms with Crippen LogP contribution in [-0.4, -0.2) is 13.7 Å². The van der Waals surface area contributed by atoms with E-state index < -0.39 is 0 Å². The molecule has 0 aromatic heterocycles. The lowest BCUT2D eigenvalue weighted by atomic mass is 10.0. The molecule has 4 heteroatoms. The standard InChI is InChI=1S/C10H15BrN2O/c1-14-10-3-2-7(11)6-8(10)9(13)4-5-12/h2-3,6,9H,4-5,12-13H2,1H3/t9-/m0/s1. The second kappa shape index (κ2) is 5.34. The zero-order valence-corrected chi connectivity index (χ0v) is 9.75. The first-order valence-electron chi connectivity index (χ1n) is 4.48. The molecule has 1 aromatic rings. The number of hydrogen-bond acceptors (Lipinski definition) is 3. The summed E-state index contributed by atoms with van der Waals surface area (Å²) < 4.78 is 6.23. The van der Waals surface area contributed by atoms with Crippen LogP contribution in [0.2, 0.25) is 0 Å². The number of nitrogens with two attached hydrogens (primary N) is 2. The van der Waals surface area contributed by atoms with E-state index in [1.54, 1.807) is 7.11 Å². The predicted molar refractivity (Wildman–Crippen MR) is 61.3 cm³/mol. The Balaban J connectivity index is 2.97. The lowest BCUT2D eigenvalue weighted by molar-refractivity contribution is 0.404. The molecule has 4 N–H and O–H groups in total. The van der Waals surface area contributed by atoms with E-state index in [9.17, 15) is 0 Å². The Morgan fingerprint density at radius 1 is 1.50 bits per heavy atom. The molecular weight excluding hydrogens is 244 g/mol. The maximum atomic E-state index is 5.97. The molecule has 0 radical (unpaired) electrons. The van der Waals surface area contributed by atoms with Crippen molar-refractivity contribution in [3.8, 4) is 5.75 Å². The van der Waals surface area contributed by atoms with Gasteiger partial charge in [0.15, 0.2) is 0 Å². The second-order valence-electron chi connectivity index (χ2n) is 3.07. The van der Waals surface area contributed by atoms with E-state index in [0.29, 0.717) is 6.54 Å². The molecule has 0 unspecified atom stereocenters. The van der Waals surface area contributed by atoms with E-state index in [1.165, 1.54) is 0 Å². The Hall–Kier alpha value is -0.580. The van der Waals surface area contributed by atoms with Gasteiger partial charge in [-0.3, -0.25) is 0 Å². The van der Waals surface area contributed by atoms with E-state index in [4.69, 9.17) is 16.2 Å². The number of rotatable bonds is 4. The van der Waals surface area contributed by atoms with Crippen molar-refractivity contribution in [2.45, 2.75) is 12.5 Å². The summed E-state index contributed by atoms with van der Waals surface area (Å²) in [5.41, 5.74) is 12.4. The van der Waals surface area contributed by atoms with Crippen molar-refractivity contribution in [3.63, 3.8) is 0 Å². The first-order chi connectivity index (χ1) is 6.69. The van der Waals surface area contributed by atoms with Crippen LogP contribution < -0.4 is 16.2 Å². The lowest BCUT2D eigenvalue weighted by Gasteiger charge is -2.15. The maximum Gasteiger partial charge on any atom is 0.123 e. The van der Waals surface area contributed by atoms with Crippen LogP contribution >= 0.6 is 15.9 Å². The van der Waals surface area contributed by atoms with Crippen molar-refractivity contribution in [1.29, 1.82) is 0 Å². The zero-order valence-electron chi connectivity index (χ0n) is 8.16. The highest BCUT2D eigenvalue weighted by atomic mass is 79.9. The van der Waals surface area contributed by atoms with Crippen LogP contribution in [-0.2, 0) is 0 Å². The summed E-state index contributed by atoms with van der Waals surface area (Å²) in [6, 6.07) is 5.74. The molecule has 1 atom stereocenters. The van der Waals surface area contributed by atoms with E-state index in [0.717, 1.165) is 22.2 Å². The Morgan fingerprint density at radius 2 is 2.21 bits per heavy atom. The quantitative estimate of drug-likeness (QED) is 0.866. The fourth-order valence-corrected chi connectivity index (χ4v) is 1.71. The number of methoxy groups -OCH3 is 1. The van der Waals surface area contributed by atoms with Crippen LogP contribution in [0, 0.1) is 0 Å². The van der Waals surface area contributed by atoms with Gasteiger partial charge in [0, 0.05) is 16.1 Å². The summed E-state index contributed by atoms with van der Waals surface area (Å²) in [5.74, 6) is 0.814. The monoisotopic (exact) mass is 258 g/mol. The van der Waals surface area contributed by atoms with Crippen molar-refractivity contribution in [3.05, 3.63) is 28.2 Å². The Kier molecular flexibility index (Phi) is 4.38. The predicted octanol–water partition coefficient (Wildman–Crippen LogP) is 1.81. The summed E-state index contributed by atoms with van der Waals surface area (Å²) in [4.78, 5) is 0. The Labute approximate surface area is 92.6 Å². The molecule has 0 aliphatic carbocycles. The van der Waals surface area contributed by atoms with Gasteiger partial charge in [0.25, 0.3) is 0 Å². The van der Waals surface area contributed by atoms with Gasteiger partial charge in [0.1, 0.15) is 5.75 Å². The van der Waals surface area contributed by atoms with Crippen molar-refractivity contribution in [2.24, 2.45) is 11.5 Å². The fraction of sp³-hybridized carbons (Fsp3) is 0.400. The third-order valence-corrected chi connectivity index (χ3v) is 2.56. The summed E-state index contributed by atoms with van der Waals surface area (Å²) >= 11 is 3.40. The average molecular weight is 259 g/mol. The molecular formula is C10H15BrN2O. The Bertz CT molecular complexity index is 304. The van der Waals surface area contributed by atoms with Crippen LogP contribution in [0.3, 0.4) is 0 Å². The number of hydrogen-bond donors (Lipinski definition) is 2. The third-order valence-electron chi connectivity index (χ3n) is 2.07. The minimum absolute atomic E-state index is 0.0625. The zero-order chi connectivity index (χ0) is 10.6. The van der Waals surface area contributed by atoms with E-state index in [2.05, 4.69) is 15.9 Å². The largest absolute Gasteiger partial charge is 0.496 e. The van der Waals surface area contributed by atoms with Gasteiger partial charge in [-0.1, -0.05) is 15.9 Å². The van der Waals surface area contributed by atoms with Crippen molar-refractivity contribution < 1.29 is 4.74 Å². The van der Waals surface area contributed by atoms with Gasteiger partial charge in [0.2, 0.25) is 0 Å². The highest BCUT2D eigenvalue weighted by Crippen LogP contribution is 2.28. The number of benzene rings is 1. The molecule has 1 rings (SSSR count). The van der Waals surface area contributed by atoms with Crippen molar-refractivity contribution in [1.82, 2.24) is 0 Å². The molecule has 0 fully saturated rings. The van der Waals surface area contributed by atoms with Gasteiger partial charge < -0.3 is 16.2 Å². The molecule has 1 aromatic carbocycles. The van der Waals surface area contributed by atoms with Gasteiger partial charge in [0.05, 0.1) is 7.11 Å². The molecule has 0 aliphatic rings. The molecule has 0 spiro atoms. The molecule has 14 heavy (non-hydrogen) atoms. The van der Waals surface area contributed by atoms with Gasteiger partial charge >= 0.3 is 0 Å². The molecule has 0 saturated carbocycles. The van der Waals surface area contributed by atoms with Gasteiger partial charge in [-0.05, 0) is 31.2 Å². The van der Waals surface area contributed by atoms with Gasteiger partial charge in [-0.2, -0.15) is 0 Å². The van der Waals surface area contributed by atoms with Crippen LogP contribution in [0.15, 0.2) is 22.7 Å². The summed E-state index contributed by atoms with van der Waals surface area (Å²) in [6.07, 6.45) is 0.757. The minimum Gasteiger partial charge on any atom is -0.496 e. The first-order valence-corrected chi connectivity index (χ1v) is 5.27. The maximum absolute atomic E-state index is 5.97. The van der Waals surface area contributed by atoms with E-state index >= 15 is 0 Å². The van der Waals surface area contributed by atoms with Gasteiger partial charge in [-0.25, -0.2) is 0 Å². The molecule has 78 valence electrons. The highest BCUT2D eigenvalue weighted by molar-refractivity contribution is 9.10. The molecule has 0 saturated heterocycles. The molecule has 0 bridgehead atoms. The van der Waals surface area contributed by atoms with Crippen LogP contribution in [0.25, 0.3) is 0 Å².